The van der Waals surface area contributed by atoms with Crippen molar-refractivity contribution in [3.8, 4) is 0 Å². The van der Waals surface area contributed by atoms with Crippen LogP contribution >= 0.6 is 11.8 Å². The highest BCUT2D eigenvalue weighted by molar-refractivity contribution is 8.00. The zero-order chi connectivity index (χ0) is 9.68. The van der Waals surface area contributed by atoms with Gasteiger partial charge in [0.2, 0.25) is 0 Å². The second-order valence-corrected chi connectivity index (χ2v) is 5.05. The molecule has 3 nitrogen and oxygen atoms in total. The van der Waals surface area contributed by atoms with Crippen molar-refractivity contribution in [3.05, 3.63) is 0 Å². The fraction of sp³-hybridized carbons (Fsp3) is 0.889. The van der Waals surface area contributed by atoms with Crippen LogP contribution in [-0.4, -0.2) is 29.6 Å². The van der Waals surface area contributed by atoms with Crippen molar-refractivity contribution in [3.63, 3.8) is 0 Å². The molecule has 4 heteroatoms. The first-order valence-electron chi connectivity index (χ1n) is 4.84. The lowest BCUT2D eigenvalue weighted by Gasteiger charge is -2.12. The Morgan fingerprint density at radius 1 is 1.62 bits per heavy atom. The normalized spacial score (nSPS) is 21.9. The van der Waals surface area contributed by atoms with E-state index >= 15 is 0 Å². The first-order chi connectivity index (χ1) is 6.18. The van der Waals surface area contributed by atoms with Gasteiger partial charge in [-0.2, -0.15) is 11.8 Å². The average molecular weight is 202 g/mol. The molecule has 0 radical (unpaired) electrons. The Balaban J connectivity index is 2.07. The lowest BCUT2D eigenvalue weighted by atomic mass is 10.2. The van der Waals surface area contributed by atoms with Crippen molar-refractivity contribution < 1.29 is 4.79 Å². The average Bonchev–Trinajstić information content (AvgIpc) is 2.51. The van der Waals surface area contributed by atoms with E-state index in [1.807, 2.05) is 25.6 Å². The van der Waals surface area contributed by atoms with Gasteiger partial charge in [-0.05, 0) is 32.4 Å². The third-order valence-corrected chi connectivity index (χ3v) is 3.33. The van der Waals surface area contributed by atoms with Crippen LogP contribution in [0.15, 0.2) is 0 Å². The van der Waals surface area contributed by atoms with E-state index in [1.54, 1.807) is 0 Å². The maximum absolute atomic E-state index is 11.2. The molecule has 0 saturated carbocycles. The molecule has 1 aliphatic rings. The van der Waals surface area contributed by atoms with Crippen LogP contribution in [-0.2, 0) is 0 Å². The van der Waals surface area contributed by atoms with Crippen molar-refractivity contribution in [2.75, 3.05) is 12.3 Å². The Morgan fingerprint density at radius 2 is 2.38 bits per heavy atom. The second-order valence-electron chi connectivity index (χ2n) is 3.64. The number of amides is 2. The minimum Gasteiger partial charge on any atom is -0.337 e. The molecule has 1 fully saturated rings. The summed E-state index contributed by atoms with van der Waals surface area (Å²) in [5.74, 6) is 1.25. The molecular weight excluding hydrogens is 184 g/mol. The summed E-state index contributed by atoms with van der Waals surface area (Å²) in [5, 5.41) is 6.33. The Labute approximate surface area is 84.0 Å². The van der Waals surface area contributed by atoms with Crippen LogP contribution in [0.4, 0.5) is 4.79 Å². The summed E-state index contributed by atoms with van der Waals surface area (Å²) in [4.78, 5) is 11.2. The van der Waals surface area contributed by atoms with Gasteiger partial charge in [-0.3, -0.25) is 0 Å². The van der Waals surface area contributed by atoms with Gasteiger partial charge in [0.1, 0.15) is 0 Å². The van der Waals surface area contributed by atoms with Crippen LogP contribution in [0.2, 0.25) is 0 Å². The first kappa shape index (κ1) is 10.7. The summed E-state index contributed by atoms with van der Waals surface area (Å²) < 4.78 is 0. The summed E-state index contributed by atoms with van der Waals surface area (Å²) in [6.45, 7) is 4.73. The molecule has 13 heavy (non-hydrogen) atoms. The van der Waals surface area contributed by atoms with E-state index in [2.05, 4.69) is 10.6 Å². The lowest BCUT2D eigenvalue weighted by molar-refractivity contribution is 0.238. The van der Waals surface area contributed by atoms with Gasteiger partial charge in [0.25, 0.3) is 0 Å². The summed E-state index contributed by atoms with van der Waals surface area (Å²) in [6, 6.07) is 0.179. The molecule has 1 aliphatic heterocycles. The Bertz CT molecular complexity index is 167. The molecule has 0 aromatic heterocycles. The van der Waals surface area contributed by atoms with Crippen LogP contribution in [0.1, 0.15) is 26.7 Å². The largest absolute Gasteiger partial charge is 0.337 e. The third-order valence-electron chi connectivity index (χ3n) is 1.93. The van der Waals surface area contributed by atoms with E-state index in [9.17, 15) is 4.79 Å². The maximum atomic E-state index is 11.2. The fourth-order valence-corrected chi connectivity index (χ4v) is 2.53. The molecule has 0 aromatic carbocycles. The minimum absolute atomic E-state index is 0.0394. The highest BCUT2D eigenvalue weighted by atomic mass is 32.2. The van der Waals surface area contributed by atoms with Gasteiger partial charge in [0.15, 0.2) is 0 Å². The van der Waals surface area contributed by atoms with Gasteiger partial charge in [0.05, 0.1) is 0 Å². The van der Waals surface area contributed by atoms with Crippen LogP contribution in [0.25, 0.3) is 0 Å². The number of carbonyl (C=O) groups excluding carboxylic acids is 1. The fourth-order valence-electron chi connectivity index (χ4n) is 1.33. The van der Waals surface area contributed by atoms with E-state index in [0.29, 0.717) is 5.25 Å². The monoisotopic (exact) mass is 202 g/mol. The summed E-state index contributed by atoms with van der Waals surface area (Å²) in [5.41, 5.74) is 0. The topological polar surface area (TPSA) is 41.1 Å². The number of carbonyl (C=O) groups is 1. The molecule has 1 unspecified atom stereocenters. The number of urea groups is 1. The summed E-state index contributed by atoms with van der Waals surface area (Å²) in [7, 11) is 0. The molecule has 0 aromatic rings. The Hall–Kier alpha value is -0.380. The molecule has 1 saturated heterocycles. The van der Waals surface area contributed by atoms with E-state index in [4.69, 9.17) is 0 Å². The molecule has 1 heterocycles. The lowest BCUT2D eigenvalue weighted by Crippen LogP contribution is -2.41. The minimum atomic E-state index is -0.0394. The van der Waals surface area contributed by atoms with Gasteiger partial charge in [-0.15, -0.1) is 0 Å². The number of hydrogen-bond donors (Lipinski definition) is 2. The summed E-state index contributed by atoms with van der Waals surface area (Å²) in [6.07, 6.45) is 2.54. The van der Waals surface area contributed by atoms with Gasteiger partial charge < -0.3 is 10.6 Å². The number of rotatable bonds is 3. The van der Waals surface area contributed by atoms with Crippen molar-refractivity contribution in [1.29, 1.82) is 0 Å². The van der Waals surface area contributed by atoms with Crippen LogP contribution in [0.5, 0.6) is 0 Å². The van der Waals surface area contributed by atoms with Crippen molar-refractivity contribution in [2.45, 2.75) is 38.0 Å². The molecule has 2 amide bonds. The molecule has 76 valence electrons. The van der Waals surface area contributed by atoms with Gasteiger partial charge >= 0.3 is 6.03 Å². The second kappa shape index (κ2) is 5.37. The molecular formula is C9H18N2OS. The van der Waals surface area contributed by atoms with E-state index in [1.165, 1.54) is 18.6 Å². The maximum Gasteiger partial charge on any atom is 0.315 e. The van der Waals surface area contributed by atoms with Crippen LogP contribution in [0.3, 0.4) is 0 Å². The van der Waals surface area contributed by atoms with E-state index < -0.39 is 0 Å². The number of thioether (sulfide) groups is 1. The highest BCUT2D eigenvalue weighted by Crippen LogP contribution is 2.25. The third kappa shape index (κ3) is 4.41. The SMILES string of the molecule is CC(C)NC(=O)NCC1CCCS1. The molecule has 0 aliphatic carbocycles. The Morgan fingerprint density at radius 3 is 2.92 bits per heavy atom. The molecule has 2 N–H and O–H groups in total. The smallest absolute Gasteiger partial charge is 0.315 e. The van der Waals surface area contributed by atoms with Crippen molar-refractivity contribution in [2.24, 2.45) is 0 Å². The van der Waals surface area contributed by atoms with Crippen molar-refractivity contribution in [1.82, 2.24) is 10.6 Å². The molecule has 0 spiro atoms. The first-order valence-corrected chi connectivity index (χ1v) is 5.89. The summed E-state index contributed by atoms with van der Waals surface area (Å²) >= 11 is 1.96. The highest BCUT2D eigenvalue weighted by Gasteiger charge is 2.15. The molecule has 1 atom stereocenters. The van der Waals surface area contributed by atoms with Crippen LogP contribution < -0.4 is 10.6 Å². The van der Waals surface area contributed by atoms with E-state index in [-0.39, 0.29) is 12.1 Å². The van der Waals surface area contributed by atoms with Gasteiger partial charge in [-0.25, -0.2) is 4.79 Å². The molecule has 0 bridgehead atoms. The predicted octanol–water partition coefficient (Wildman–Crippen LogP) is 1.59. The van der Waals surface area contributed by atoms with Crippen molar-refractivity contribution >= 4 is 17.8 Å². The van der Waals surface area contributed by atoms with Gasteiger partial charge in [-0.1, -0.05) is 0 Å². The predicted molar refractivity (Wildman–Crippen MR) is 57.2 cm³/mol. The number of hydrogen-bond acceptors (Lipinski definition) is 2. The molecule has 1 rings (SSSR count). The quantitative estimate of drug-likeness (QED) is 0.729. The zero-order valence-electron chi connectivity index (χ0n) is 8.30. The van der Waals surface area contributed by atoms with Gasteiger partial charge in [0, 0.05) is 17.8 Å². The van der Waals surface area contributed by atoms with Crippen LogP contribution in [0, 0.1) is 0 Å². The number of nitrogens with one attached hydrogen (secondary N) is 2. The Kier molecular flexibility index (Phi) is 4.42. The zero-order valence-corrected chi connectivity index (χ0v) is 9.12. The van der Waals surface area contributed by atoms with E-state index in [0.717, 1.165) is 6.54 Å². The standard InChI is InChI=1S/C9H18N2OS/c1-7(2)11-9(12)10-6-8-4-3-5-13-8/h7-8H,3-6H2,1-2H3,(H2,10,11,12).